The Morgan fingerprint density at radius 2 is 2.27 bits per heavy atom. The highest BCUT2D eigenvalue weighted by Gasteiger charge is 2.33. The largest absolute Gasteiger partial charge is 0.459 e. The molecule has 4 heterocycles. The van der Waals surface area contributed by atoms with Gasteiger partial charge in [-0.25, -0.2) is 0 Å². The molecule has 0 unspecified atom stereocenters. The van der Waals surface area contributed by atoms with Crippen LogP contribution in [0.5, 0.6) is 0 Å². The van der Waals surface area contributed by atoms with Crippen molar-refractivity contribution in [3.05, 3.63) is 65.6 Å². The number of hydrogen-bond acceptors (Lipinski definition) is 6. The molecule has 0 saturated heterocycles. The maximum absolute atomic E-state index is 12.6. The van der Waals surface area contributed by atoms with Crippen molar-refractivity contribution in [3.8, 4) is 0 Å². The molecule has 0 fully saturated rings. The fourth-order valence-electron chi connectivity index (χ4n) is 3.25. The van der Waals surface area contributed by atoms with Gasteiger partial charge in [0.2, 0.25) is 0 Å². The summed E-state index contributed by atoms with van der Waals surface area (Å²) in [5.74, 6) is 0.160. The number of ether oxygens (including phenoxy) is 1. The van der Waals surface area contributed by atoms with E-state index >= 15 is 0 Å². The third-order valence-electron chi connectivity index (χ3n) is 4.43. The number of carbonyl (C=O) groups is 1. The van der Waals surface area contributed by atoms with Gasteiger partial charge in [-0.3, -0.25) is 14.5 Å². The Hall–Kier alpha value is -3.00. The van der Waals surface area contributed by atoms with E-state index in [9.17, 15) is 4.79 Å². The van der Waals surface area contributed by atoms with E-state index in [0.717, 1.165) is 17.1 Å². The number of aromatic nitrogens is 4. The van der Waals surface area contributed by atoms with Gasteiger partial charge in [-0.1, -0.05) is 11.3 Å². The highest BCUT2D eigenvalue weighted by molar-refractivity contribution is 5.91. The third kappa shape index (κ3) is 3.23. The standard InChI is InChI=1S/C18H19N5O3/c1-22-17-13(11-25-12-14-5-2-3-7-19-14)9-23(10-15(17)20-21-22)18(24)16-6-4-8-26-16/h2-8,13H,9-12H2,1H3/t13-/m1/s1. The molecule has 0 aliphatic carbocycles. The molecule has 3 aromatic heterocycles. The molecule has 0 saturated carbocycles. The first-order chi connectivity index (χ1) is 12.7. The highest BCUT2D eigenvalue weighted by Crippen LogP contribution is 2.28. The molecule has 8 heteroatoms. The second kappa shape index (κ2) is 7.09. The molecule has 0 N–H and O–H groups in total. The Labute approximate surface area is 150 Å². The van der Waals surface area contributed by atoms with E-state index in [0.29, 0.717) is 32.1 Å². The van der Waals surface area contributed by atoms with Crippen LogP contribution in [0.4, 0.5) is 0 Å². The maximum atomic E-state index is 12.6. The molecule has 0 radical (unpaired) electrons. The summed E-state index contributed by atoms with van der Waals surface area (Å²) in [7, 11) is 1.86. The van der Waals surface area contributed by atoms with E-state index in [2.05, 4.69) is 15.3 Å². The van der Waals surface area contributed by atoms with Crippen LogP contribution in [0.2, 0.25) is 0 Å². The molecule has 1 aliphatic heterocycles. The van der Waals surface area contributed by atoms with Crippen LogP contribution in [0, 0.1) is 0 Å². The summed E-state index contributed by atoms with van der Waals surface area (Å²) in [5.41, 5.74) is 2.68. The summed E-state index contributed by atoms with van der Waals surface area (Å²) >= 11 is 0. The average molecular weight is 353 g/mol. The molecular weight excluding hydrogens is 334 g/mol. The Morgan fingerprint density at radius 3 is 3.04 bits per heavy atom. The quantitative estimate of drug-likeness (QED) is 0.695. The van der Waals surface area contributed by atoms with E-state index in [-0.39, 0.29) is 11.8 Å². The van der Waals surface area contributed by atoms with Gasteiger partial charge in [0.25, 0.3) is 5.91 Å². The first kappa shape index (κ1) is 16.5. The molecular formula is C18H19N5O3. The van der Waals surface area contributed by atoms with Gasteiger partial charge in [0.05, 0.1) is 37.4 Å². The minimum atomic E-state index is -0.152. The number of furan rings is 1. The fraction of sp³-hybridized carbons (Fsp3) is 0.333. The SMILES string of the molecule is Cn1nnc2c1[C@@H](COCc1ccccn1)CN(C(=O)c1ccco1)C2. The first-order valence-corrected chi connectivity index (χ1v) is 8.41. The van der Waals surface area contributed by atoms with Gasteiger partial charge < -0.3 is 14.1 Å². The normalized spacial score (nSPS) is 16.5. The van der Waals surface area contributed by atoms with Gasteiger partial charge >= 0.3 is 0 Å². The molecule has 8 nitrogen and oxygen atoms in total. The lowest BCUT2D eigenvalue weighted by atomic mass is 9.98. The zero-order valence-corrected chi connectivity index (χ0v) is 14.4. The van der Waals surface area contributed by atoms with Crippen molar-refractivity contribution < 1.29 is 13.9 Å². The lowest BCUT2D eigenvalue weighted by molar-refractivity contribution is 0.0577. The van der Waals surface area contributed by atoms with Crippen molar-refractivity contribution in [2.45, 2.75) is 19.1 Å². The number of pyridine rings is 1. The van der Waals surface area contributed by atoms with E-state index < -0.39 is 0 Å². The minimum absolute atomic E-state index is 0.0126. The predicted octanol–water partition coefficient (Wildman–Crippen LogP) is 1.76. The monoisotopic (exact) mass is 353 g/mol. The topological polar surface area (TPSA) is 86.3 Å². The number of rotatable bonds is 5. The summed E-state index contributed by atoms with van der Waals surface area (Å²) in [6.45, 7) is 1.81. The molecule has 3 aromatic rings. The van der Waals surface area contributed by atoms with E-state index in [1.807, 2.05) is 25.2 Å². The van der Waals surface area contributed by atoms with Crippen molar-refractivity contribution in [2.75, 3.05) is 13.2 Å². The Morgan fingerprint density at radius 1 is 1.35 bits per heavy atom. The summed E-state index contributed by atoms with van der Waals surface area (Å²) in [6.07, 6.45) is 3.24. The number of carbonyl (C=O) groups excluding carboxylic acids is 1. The van der Waals surface area contributed by atoms with Gasteiger partial charge in [0, 0.05) is 25.7 Å². The van der Waals surface area contributed by atoms with Gasteiger partial charge in [0.1, 0.15) is 5.69 Å². The van der Waals surface area contributed by atoms with Gasteiger partial charge in [0.15, 0.2) is 5.76 Å². The molecule has 4 rings (SSSR count). The smallest absolute Gasteiger partial charge is 0.289 e. The van der Waals surface area contributed by atoms with Crippen molar-refractivity contribution in [3.63, 3.8) is 0 Å². The van der Waals surface area contributed by atoms with Crippen molar-refractivity contribution in [1.82, 2.24) is 24.9 Å². The molecule has 0 aromatic carbocycles. The number of amides is 1. The molecule has 1 aliphatic rings. The zero-order valence-electron chi connectivity index (χ0n) is 14.4. The Bertz CT molecular complexity index is 876. The summed E-state index contributed by atoms with van der Waals surface area (Å²) in [6, 6.07) is 9.10. The van der Waals surface area contributed by atoms with Gasteiger partial charge in [-0.15, -0.1) is 5.10 Å². The lowest BCUT2D eigenvalue weighted by Gasteiger charge is -2.31. The number of hydrogen-bond donors (Lipinski definition) is 0. The van der Waals surface area contributed by atoms with Crippen LogP contribution in [0.3, 0.4) is 0 Å². The number of aryl methyl sites for hydroxylation is 1. The van der Waals surface area contributed by atoms with E-state index in [4.69, 9.17) is 9.15 Å². The van der Waals surface area contributed by atoms with Crippen molar-refractivity contribution in [1.29, 1.82) is 0 Å². The molecule has 26 heavy (non-hydrogen) atoms. The average Bonchev–Trinajstić information content (AvgIpc) is 3.32. The molecule has 0 spiro atoms. The fourth-order valence-corrected chi connectivity index (χ4v) is 3.25. The van der Waals surface area contributed by atoms with E-state index in [1.165, 1.54) is 6.26 Å². The molecule has 134 valence electrons. The molecule has 0 bridgehead atoms. The van der Waals surface area contributed by atoms with Crippen molar-refractivity contribution in [2.24, 2.45) is 7.05 Å². The Balaban J connectivity index is 1.49. The molecule has 1 amide bonds. The van der Waals surface area contributed by atoms with E-state index in [1.54, 1.807) is 27.9 Å². The van der Waals surface area contributed by atoms with Crippen LogP contribution in [-0.2, 0) is 24.9 Å². The molecule has 1 atom stereocenters. The van der Waals surface area contributed by atoms with Crippen LogP contribution in [-0.4, -0.2) is 43.9 Å². The van der Waals surface area contributed by atoms with Gasteiger partial charge in [-0.2, -0.15) is 0 Å². The van der Waals surface area contributed by atoms with Crippen molar-refractivity contribution >= 4 is 5.91 Å². The summed E-state index contributed by atoms with van der Waals surface area (Å²) in [4.78, 5) is 18.6. The predicted molar refractivity (Wildman–Crippen MR) is 91.1 cm³/mol. The second-order valence-electron chi connectivity index (χ2n) is 6.24. The second-order valence-corrected chi connectivity index (χ2v) is 6.24. The van der Waals surface area contributed by atoms with Crippen LogP contribution in [0.15, 0.2) is 47.2 Å². The van der Waals surface area contributed by atoms with Crippen LogP contribution >= 0.6 is 0 Å². The highest BCUT2D eigenvalue weighted by atomic mass is 16.5. The minimum Gasteiger partial charge on any atom is -0.459 e. The Kier molecular flexibility index (Phi) is 4.49. The third-order valence-corrected chi connectivity index (χ3v) is 4.43. The van der Waals surface area contributed by atoms with Crippen LogP contribution in [0.25, 0.3) is 0 Å². The zero-order chi connectivity index (χ0) is 17.9. The number of fused-ring (bicyclic) bond motifs is 1. The summed E-state index contributed by atoms with van der Waals surface area (Å²) < 4.78 is 12.9. The van der Waals surface area contributed by atoms with Crippen LogP contribution in [0.1, 0.15) is 33.6 Å². The van der Waals surface area contributed by atoms with Crippen LogP contribution < -0.4 is 0 Å². The summed E-state index contributed by atoms with van der Waals surface area (Å²) in [5, 5.41) is 8.32. The maximum Gasteiger partial charge on any atom is 0.289 e. The number of nitrogens with zero attached hydrogens (tertiary/aromatic N) is 5. The first-order valence-electron chi connectivity index (χ1n) is 8.41. The van der Waals surface area contributed by atoms with Gasteiger partial charge in [-0.05, 0) is 24.3 Å². The lowest BCUT2D eigenvalue weighted by Crippen LogP contribution is -2.40.